The van der Waals surface area contributed by atoms with Crippen molar-refractivity contribution in [1.82, 2.24) is 9.62 Å². The van der Waals surface area contributed by atoms with Crippen LogP contribution in [0.5, 0.6) is 5.75 Å². The molecule has 1 aromatic carbocycles. The molecule has 6 nitrogen and oxygen atoms in total. The Hall–Kier alpha value is -1.90. The van der Waals surface area contributed by atoms with Crippen LogP contribution in [0.4, 0.5) is 0 Å². The van der Waals surface area contributed by atoms with Crippen LogP contribution in [-0.2, 0) is 21.4 Å². The maximum absolute atomic E-state index is 12.6. The number of thiophene rings is 1. The Morgan fingerprint density at radius 3 is 2.52 bits per heavy atom. The topological polar surface area (TPSA) is 75.7 Å². The monoisotopic (exact) mass is 436 g/mol. The van der Waals surface area contributed by atoms with E-state index >= 15 is 0 Å². The van der Waals surface area contributed by atoms with Crippen molar-refractivity contribution in [1.29, 1.82) is 0 Å². The fourth-order valence-corrected chi connectivity index (χ4v) is 6.20. The Morgan fingerprint density at radius 1 is 1.24 bits per heavy atom. The molecular weight excluding hydrogens is 408 g/mol. The van der Waals surface area contributed by atoms with Gasteiger partial charge in [0.1, 0.15) is 9.96 Å². The summed E-state index contributed by atoms with van der Waals surface area (Å²) in [5.74, 6) is 0.869. The summed E-state index contributed by atoms with van der Waals surface area (Å²) in [6.07, 6.45) is 1.39. The second-order valence-electron chi connectivity index (χ2n) is 7.26. The minimum Gasteiger partial charge on any atom is -0.494 e. The summed E-state index contributed by atoms with van der Waals surface area (Å²) < 4.78 is 32.6. The van der Waals surface area contributed by atoms with Crippen LogP contribution in [0.3, 0.4) is 0 Å². The van der Waals surface area contributed by atoms with Crippen molar-refractivity contribution in [2.24, 2.45) is 11.8 Å². The third kappa shape index (κ3) is 5.38. The number of sulfonamides is 1. The minimum atomic E-state index is -3.40. The Labute approximate surface area is 176 Å². The Kier molecular flexibility index (Phi) is 7.32. The summed E-state index contributed by atoms with van der Waals surface area (Å²) in [4.78, 5) is 12.6. The van der Waals surface area contributed by atoms with E-state index in [1.165, 1.54) is 11.3 Å². The number of carbonyl (C=O) groups is 1. The molecule has 1 aliphatic rings. The molecule has 1 aromatic heterocycles. The molecule has 2 heterocycles. The van der Waals surface area contributed by atoms with Crippen LogP contribution in [0, 0.1) is 11.8 Å². The van der Waals surface area contributed by atoms with Gasteiger partial charge in [-0.05, 0) is 54.8 Å². The zero-order chi connectivity index (χ0) is 20.9. The van der Waals surface area contributed by atoms with Crippen LogP contribution in [0.2, 0.25) is 0 Å². The standard InChI is InChI=1S/C21H28N2O4S2/c1-3-27-19-8-6-17(7-9-19)15-22-21(24)16(2)18-10-12-23(13-11-18)29(25,26)20-5-4-14-28-20/h4-9,14,16,18H,3,10-13,15H2,1-2H3,(H,22,24). The van der Waals surface area contributed by atoms with Crippen molar-refractivity contribution in [2.75, 3.05) is 19.7 Å². The van der Waals surface area contributed by atoms with Gasteiger partial charge in [-0.1, -0.05) is 25.1 Å². The lowest BCUT2D eigenvalue weighted by molar-refractivity contribution is -0.126. The van der Waals surface area contributed by atoms with Gasteiger partial charge in [0, 0.05) is 25.6 Å². The number of amides is 1. The first kappa shape index (κ1) is 21.8. The molecule has 158 valence electrons. The maximum Gasteiger partial charge on any atom is 0.252 e. The van der Waals surface area contributed by atoms with E-state index in [4.69, 9.17) is 4.74 Å². The molecule has 1 N–H and O–H groups in total. The quantitative estimate of drug-likeness (QED) is 0.687. The first-order valence-corrected chi connectivity index (χ1v) is 12.3. The van der Waals surface area contributed by atoms with Gasteiger partial charge < -0.3 is 10.1 Å². The fraction of sp³-hybridized carbons (Fsp3) is 0.476. The molecule has 1 saturated heterocycles. The summed E-state index contributed by atoms with van der Waals surface area (Å²) in [5.41, 5.74) is 1.02. The molecule has 0 saturated carbocycles. The van der Waals surface area contributed by atoms with Crippen molar-refractivity contribution in [3.63, 3.8) is 0 Å². The molecule has 1 amide bonds. The number of carbonyl (C=O) groups excluding carboxylic acids is 1. The highest BCUT2D eigenvalue weighted by Gasteiger charge is 2.33. The van der Waals surface area contributed by atoms with Gasteiger partial charge in [0.05, 0.1) is 6.61 Å². The van der Waals surface area contributed by atoms with E-state index in [-0.39, 0.29) is 17.7 Å². The number of rotatable bonds is 8. The lowest BCUT2D eigenvalue weighted by atomic mass is 9.85. The molecule has 0 bridgehead atoms. The molecule has 1 atom stereocenters. The highest BCUT2D eigenvalue weighted by atomic mass is 32.2. The van der Waals surface area contributed by atoms with Gasteiger partial charge in [0.15, 0.2) is 0 Å². The van der Waals surface area contributed by atoms with E-state index < -0.39 is 10.0 Å². The maximum atomic E-state index is 12.6. The van der Waals surface area contributed by atoms with Crippen LogP contribution in [-0.4, -0.2) is 38.3 Å². The van der Waals surface area contributed by atoms with E-state index in [0.29, 0.717) is 43.3 Å². The van der Waals surface area contributed by atoms with Crippen LogP contribution in [0.15, 0.2) is 46.0 Å². The normalized spacial score (nSPS) is 17.0. The van der Waals surface area contributed by atoms with E-state index in [0.717, 1.165) is 11.3 Å². The van der Waals surface area contributed by atoms with E-state index in [1.807, 2.05) is 38.1 Å². The van der Waals surface area contributed by atoms with Crippen LogP contribution in [0.25, 0.3) is 0 Å². The summed E-state index contributed by atoms with van der Waals surface area (Å²) in [6.45, 7) is 5.89. The molecule has 0 aliphatic carbocycles. The van der Waals surface area contributed by atoms with Gasteiger partial charge in [0.25, 0.3) is 10.0 Å². The molecule has 2 aromatic rings. The van der Waals surface area contributed by atoms with Crippen molar-refractivity contribution in [2.45, 2.75) is 37.4 Å². The average molecular weight is 437 g/mol. The first-order valence-electron chi connectivity index (χ1n) is 9.95. The smallest absolute Gasteiger partial charge is 0.252 e. The van der Waals surface area contributed by atoms with Crippen molar-refractivity contribution >= 4 is 27.3 Å². The number of nitrogens with one attached hydrogen (secondary N) is 1. The molecule has 3 rings (SSSR count). The van der Waals surface area contributed by atoms with Gasteiger partial charge in [-0.2, -0.15) is 4.31 Å². The number of nitrogens with zero attached hydrogens (tertiary/aromatic N) is 1. The van der Waals surface area contributed by atoms with Crippen molar-refractivity contribution in [3.8, 4) is 5.75 Å². The molecule has 1 fully saturated rings. The van der Waals surface area contributed by atoms with Gasteiger partial charge >= 0.3 is 0 Å². The largest absolute Gasteiger partial charge is 0.494 e. The van der Waals surface area contributed by atoms with Gasteiger partial charge in [-0.25, -0.2) is 8.42 Å². The number of piperidine rings is 1. The first-order chi connectivity index (χ1) is 13.9. The molecule has 8 heteroatoms. The highest BCUT2D eigenvalue weighted by molar-refractivity contribution is 7.91. The van der Waals surface area contributed by atoms with Crippen LogP contribution < -0.4 is 10.1 Å². The zero-order valence-electron chi connectivity index (χ0n) is 16.8. The van der Waals surface area contributed by atoms with Gasteiger partial charge in [-0.3, -0.25) is 4.79 Å². The third-order valence-corrected chi connectivity index (χ3v) is 8.68. The number of benzene rings is 1. The van der Waals surface area contributed by atoms with Crippen LogP contribution >= 0.6 is 11.3 Å². The lowest BCUT2D eigenvalue weighted by Gasteiger charge is -2.33. The highest BCUT2D eigenvalue weighted by Crippen LogP contribution is 2.30. The van der Waals surface area contributed by atoms with E-state index in [9.17, 15) is 13.2 Å². The average Bonchev–Trinajstić information content (AvgIpc) is 3.29. The third-order valence-electron chi connectivity index (χ3n) is 5.41. The predicted octanol–water partition coefficient (Wildman–Crippen LogP) is 3.50. The summed E-state index contributed by atoms with van der Waals surface area (Å²) in [6, 6.07) is 11.1. The fourth-order valence-electron chi connectivity index (χ4n) is 3.59. The zero-order valence-corrected chi connectivity index (χ0v) is 18.5. The van der Waals surface area contributed by atoms with Crippen molar-refractivity contribution in [3.05, 3.63) is 47.3 Å². The molecule has 29 heavy (non-hydrogen) atoms. The number of ether oxygens (including phenoxy) is 1. The van der Waals surface area contributed by atoms with Crippen molar-refractivity contribution < 1.29 is 17.9 Å². The van der Waals surface area contributed by atoms with Gasteiger partial charge in [-0.15, -0.1) is 11.3 Å². The minimum absolute atomic E-state index is 0.0125. The van der Waals surface area contributed by atoms with Crippen LogP contribution in [0.1, 0.15) is 32.3 Å². The molecule has 1 unspecified atom stereocenters. The van der Waals surface area contributed by atoms with Gasteiger partial charge in [0.2, 0.25) is 5.91 Å². The molecule has 0 spiro atoms. The lowest BCUT2D eigenvalue weighted by Crippen LogP contribution is -2.42. The number of hydrogen-bond donors (Lipinski definition) is 1. The number of hydrogen-bond acceptors (Lipinski definition) is 5. The second-order valence-corrected chi connectivity index (χ2v) is 10.4. The summed E-state index contributed by atoms with van der Waals surface area (Å²) >= 11 is 1.24. The molecular formula is C21H28N2O4S2. The molecule has 1 aliphatic heterocycles. The SMILES string of the molecule is CCOc1ccc(CNC(=O)C(C)C2CCN(S(=O)(=O)c3cccs3)CC2)cc1. The van der Waals surface area contributed by atoms with E-state index in [1.54, 1.807) is 21.8 Å². The Bertz CT molecular complexity index is 887. The molecule has 0 radical (unpaired) electrons. The second kappa shape index (κ2) is 9.73. The summed E-state index contributed by atoms with van der Waals surface area (Å²) in [5, 5.41) is 4.78. The summed E-state index contributed by atoms with van der Waals surface area (Å²) in [7, 11) is -3.40. The predicted molar refractivity (Wildman–Crippen MR) is 114 cm³/mol. The Morgan fingerprint density at radius 2 is 1.93 bits per heavy atom. The Balaban J connectivity index is 1.48. The van der Waals surface area contributed by atoms with E-state index in [2.05, 4.69) is 5.32 Å².